The maximum atomic E-state index is 12.7. The standard InChI is InChI=1S/C17H24N2O2S/c1-12-9-13(2)17(14(3)10-12)22(20,21)19-16(11-18)15-7-5-4-6-8-15/h9-10,15-16,19H,4-8H2,1-3H3/t16-/m0/s1. The molecular formula is C17H24N2O2S. The Balaban J connectivity index is 2.29. The molecule has 120 valence electrons. The van der Waals surface area contributed by atoms with Crippen molar-refractivity contribution in [1.82, 2.24) is 4.72 Å². The zero-order valence-electron chi connectivity index (χ0n) is 13.5. The minimum Gasteiger partial charge on any atom is -0.207 e. The molecule has 2 rings (SSSR count). The fourth-order valence-corrected chi connectivity index (χ4v) is 5.18. The molecule has 0 aromatic heterocycles. The zero-order valence-corrected chi connectivity index (χ0v) is 14.3. The molecule has 0 bridgehead atoms. The molecule has 1 aromatic carbocycles. The fraction of sp³-hybridized carbons (Fsp3) is 0.588. The summed E-state index contributed by atoms with van der Waals surface area (Å²) in [6.07, 6.45) is 5.18. The van der Waals surface area contributed by atoms with Gasteiger partial charge in [0.15, 0.2) is 0 Å². The molecule has 1 N–H and O–H groups in total. The van der Waals surface area contributed by atoms with Gasteiger partial charge in [0.25, 0.3) is 0 Å². The van der Waals surface area contributed by atoms with E-state index < -0.39 is 16.1 Å². The van der Waals surface area contributed by atoms with Gasteiger partial charge in [-0.15, -0.1) is 0 Å². The molecule has 22 heavy (non-hydrogen) atoms. The predicted molar refractivity (Wildman–Crippen MR) is 87.0 cm³/mol. The van der Waals surface area contributed by atoms with Gasteiger partial charge in [-0.05, 0) is 50.7 Å². The first-order chi connectivity index (χ1) is 10.3. The number of sulfonamides is 1. The number of hydrogen-bond acceptors (Lipinski definition) is 3. The third kappa shape index (κ3) is 3.68. The molecule has 1 aliphatic carbocycles. The third-order valence-corrected chi connectivity index (χ3v) is 6.16. The monoisotopic (exact) mass is 320 g/mol. The summed E-state index contributed by atoms with van der Waals surface area (Å²) in [6, 6.07) is 5.25. The lowest BCUT2D eigenvalue weighted by molar-refractivity contribution is 0.324. The molecule has 0 unspecified atom stereocenters. The highest BCUT2D eigenvalue weighted by Crippen LogP contribution is 2.28. The third-order valence-electron chi connectivity index (χ3n) is 4.42. The van der Waals surface area contributed by atoms with Crippen molar-refractivity contribution in [1.29, 1.82) is 5.26 Å². The van der Waals surface area contributed by atoms with Gasteiger partial charge >= 0.3 is 0 Å². The number of hydrogen-bond donors (Lipinski definition) is 1. The van der Waals surface area contributed by atoms with Gasteiger partial charge in [-0.3, -0.25) is 0 Å². The molecule has 0 radical (unpaired) electrons. The van der Waals surface area contributed by atoms with Crippen molar-refractivity contribution in [3.63, 3.8) is 0 Å². The summed E-state index contributed by atoms with van der Waals surface area (Å²) in [6.45, 7) is 5.55. The number of nitrogens with zero attached hydrogens (tertiary/aromatic N) is 1. The second kappa shape index (κ2) is 6.80. The minimum atomic E-state index is -3.67. The van der Waals surface area contributed by atoms with Gasteiger partial charge in [-0.25, -0.2) is 8.42 Å². The zero-order chi connectivity index (χ0) is 16.3. The van der Waals surface area contributed by atoms with Crippen LogP contribution in [0.4, 0.5) is 0 Å². The summed E-state index contributed by atoms with van der Waals surface area (Å²) in [7, 11) is -3.67. The summed E-state index contributed by atoms with van der Waals surface area (Å²) in [4.78, 5) is 0.314. The molecule has 1 atom stereocenters. The molecule has 1 aromatic rings. The van der Waals surface area contributed by atoms with Crippen LogP contribution in [0.1, 0.15) is 48.8 Å². The van der Waals surface area contributed by atoms with E-state index in [0.717, 1.165) is 42.4 Å². The van der Waals surface area contributed by atoms with E-state index in [1.165, 1.54) is 6.42 Å². The summed E-state index contributed by atoms with van der Waals surface area (Å²) in [5, 5.41) is 9.39. The van der Waals surface area contributed by atoms with Gasteiger partial charge in [0.05, 0.1) is 11.0 Å². The Hall–Kier alpha value is -1.38. The predicted octanol–water partition coefficient (Wildman–Crippen LogP) is 3.36. The van der Waals surface area contributed by atoms with E-state index in [2.05, 4.69) is 10.8 Å². The molecule has 4 nitrogen and oxygen atoms in total. The van der Waals surface area contributed by atoms with E-state index in [1.54, 1.807) is 13.8 Å². The highest BCUT2D eigenvalue weighted by molar-refractivity contribution is 7.89. The van der Waals surface area contributed by atoms with Gasteiger partial charge in [0, 0.05) is 0 Å². The molecule has 5 heteroatoms. The lowest BCUT2D eigenvalue weighted by Gasteiger charge is -2.26. The van der Waals surface area contributed by atoms with Gasteiger partial charge in [0.2, 0.25) is 10.0 Å². The molecule has 1 fully saturated rings. The first-order valence-corrected chi connectivity index (χ1v) is 9.33. The highest BCUT2D eigenvalue weighted by Gasteiger charge is 2.29. The van der Waals surface area contributed by atoms with Gasteiger partial charge < -0.3 is 0 Å². The molecule has 1 aliphatic rings. The van der Waals surface area contributed by atoms with Crippen LogP contribution in [0.5, 0.6) is 0 Å². The Kier molecular flexibility index (Phi) is 5.25. The Labute approximate surface area is 133 Å². The van der Waals surface area contributed by atoms with Crippen LogP contribution < -0.4 is 4.72 Å². The van der Waals surface area contributed by atoms with Crippen molar-refractivity contribution in [3.8, 4) is 6.07 Å². The van der Waals surface area contributed by atoms with Crippen LogP contribution in [-0.2, 0) is 10.0 Å². The summed E-state index contributed by atoms with van der Waals surface area (Å²) < 4.78 is 28.1. The Bertz CT molecular complexity index is 660. The van der Waals surface area contributed by atoms with Gasteiger partial charge in [0.1, 0.15) is 6.04 Å². The number of nitriles is 1. The van der Waals surface area contributed by atoms with Crippen LogP contribution in [0.3, 0.4) is 0 Å². The topological polar surface area (TPSA) is 70.0 Å². The maximum absolute atomic E-state index is 12.7. The summed E-state index contributed by atoms with van der Waals surface area (Å²) >= 11 is 0. The second-order valence-corrected chi connectivity index (χ2v) is 8.00. The number of nitrogens with one attached hydrogen (secondary N) is 1. The highest BCUT2D eigenvalue weighted by atomic mass is 32.2. The average Bonchev–Trinajstić information content (AvgIpc) is 2.44. The number of benzene rings is 1. The smallest absolute Gasteiger partial charge is 0.207 e. The van der Waals surface area contributed by atoms with Gasteiger partial charge in [-0.2, -0.15) is 9.98 Å². The van der Waals surface area contributed by atoms with Crippen LogP contribution in [0.2, 0.25) is 0 Å². The summed E-state index contributed by atoms with van der Waals surface area (Å²) in [5.74, 6) is 0.125. The lowest BCUT2D eigenvalue weighted by Crippen LogP contribution is -2.40. The van der Waals surface area contributed by atoms with Crippen LogP contribution in [-0.4, -0.2) is 14.5 Å². The SMILES string of the molecule is Cc1cc(C)c(S(=O)(=O)N[C@@H](C#N)C2CCCCC2)c(C)c1. The van der Waals surface area contributed by atoms with Crippen LogP contribution >= 0.6 is 0 Å². The molecule has 0 heterocycles. The van der Waals surface area contributed by atoms with E-state index >= 15 is 0 Å². The average molecular weight is 320 g/mol. The van der Waals surface area contributed by atoms with Gasteiger partial charge in [-0.1, -0.05) is 37.0 Å². The van der Waals surface area contributed by atoms with Crippen LogP contribution in [0.15, 0.2) is 17.0 Å². The Morgan fingerprint density at radius 2 is 1.68 bits per heavy atom. The molecule has 0 aliphatic heterocycles. The van der Waals surface area contributed by atoms with Crippen molar-refractivity contribution >= 4 is 10.0 Å². The van der Waals surface area contributed by atoms with Crippen molar-refractivity contribution in [2.45, 2.75) is 63.8 Å². The molecule has 1 saturated carbocycles. The quantitative estimate of drug-likeness (QED) is 0.924. The molecule has 0 spiro atoms. The Morgan fingerprint density at radius 3 is 2.18 bits per heavy atom. The second-order valence-electron chi connectivity index (χ2n) is 6.35. The number of rotatable bonds is 4. The molecule has 0 saturated heterocycles. The van der Waals surface area contributed by atoms with E-state index in [9.17, 15) is 13.7 Å². The summed E-state index contributed by atoms with van der Waals surface area (Å²) in [5.41, 5.74) is 2.49. The lowest BCUT2D eigenvalue weighted by atomic mass is 9.85. The van der Waals surface area contributed by atoms with E-state index in [0.29, 0.717) is 4.90 Å². The van der Waals surface area contributed by atoms with Crippen molar-refractivity contribution in [2.75, 3.05) is 0 Å². The normalized spacial score (nSPS) is 17.9. The van der Waals surface area contributed by atoms with E-state index in [4.69, 9.17) is 0 Å². The van der Waals surface area contributed by atoms with Crippen molar-refractivity contribution in [3.05, 3.63) is 28.8 Å². The first kappa shape index (κ1) is 17.0. The minimum absolute atomic E-state index is 0.125. The largest absolute Gasteiger partial charge is 0.242 e. The van der Waals surface area contributed by atoms with E-state index in [-0.39, 0.29) is 5.92 Å². The first-order valence-electron chi connectivity index (χ1n) is 7.85. The molecule has 0 amide bonds. The van der Waals surface area contributed by atoms with Crippen LogP contribution in [0.25, 0.3) is 0 Å². The maximum Gasteiger partial charge on any atom is 0.242 e. The fourth-order valence-electron chi connectivity index (χ4n) is 3.51. The number of aryl methyl sites for hydroxylation is 3. The van der Waals surface area contributed by atoms with Crippen LogP contribution in [0, 0.1) is 38.0 Å². The van der Waals surface area contributed by atoms with Crippen molar-refractivity contribution in [2.24, 2.45) is 5.92 Å². The molecular weight excluding hydrogens is 296 g/mol. The Morgan fingerprint density at radius 1 is 1.14 bits per heavy atom. The van der Waals surface area contributed by atoms with E-state index in [1.807, 2.05) is 19.1 Å². The van der Waals surface area contributed by atoms with Crippen molar-refractivity contribution < 1.29 is 8.42 Å².